The third-order valence-electron chi connectivity index (χ3n) is 4.27. The number of nitrogens with one attached hydrogen (secondary N) is 1. The number of aliphatic hydroxyl groups is 1. The molecule has 0 aliphatic heterocycles. The van der Waals surface area contributed by atoms with Gasteiger partial charge >= 0.3 is 0 Å². The number of carbonyl (C=O) groups excluding carboxylic acids is 1. The molecule has 2 N–H and O–H groups in total. The van der Waals surface area contributed by atoms with Gasteiger partial charge in [0.1, 0.15) is 6.61 Å². The summed E-state index contributed by atoms with van der Waals surface area (Å²) in [6, 6.07) is 7.17. The quantitative estimate of drug-likeness (QED) is 0.839. The lowest BCUT2D eigenvalue weighted by Gasteiger charge is -2.28. The van der Waals surface area contributed by atoms with Gasteiger partial charge in [-0.2, -0.15) is 0 Å². The maximum Gasteiger partial charge on any atom is 0.251 e. The first-order valence-electron chi connectivity index (χ1n) is 7.68. The highest BCUT2D eigenvalue weighted by Crippen LogP contribution is 2.28. The van der Waals surface area contributed by atoms with Crippen molar-refractivity contribution in [3.8, 4) is 11.8 Å². The fourth-order valence-corrected chi connectivity index (χ4v) is 2.87. The molecule has 0 aromatic heterocycles. The van der Waals surface area contributed by atoms with Gasteiger partial charge in [0.2, 0.25) is 0 Å². The maximum atomic E-state index is 12.1. The predicted octanol–water partition coefficient (Wildman–Crippen LogP) is 2.59. The SMILES string of the molecule is CC1CCCCC1CNC(=O)c1ccc(C#CCO)cc1. The van der Waals surface area contributed by atoms with Crippen LogP contribution in [0.4, 0.5) is 0 Å². The second-order valence-electron chi connectivity index (χ2n) is 5.77. The Morgan fingerprint density at radius 2 is 2.00 bits per heavy atom. The Labute approximate surface area is 126 Å². The third kappa shape index (κ3) is 4.61. The summed E-state index contributed by atoms with van der Waals surface area (Å²) in [5, 5.41) is 11.7. The van der Waals surface area contributed by atoms with Crippen LogP contribution in [0.15, 0.2) is 24.3 Å². The molecule has 0 bridgehead atoms. The molecule has 1 aliphatic carbocycles. The Morgan fingerprint density at radius 3 is 2.67 bits per heavy atom. The van der Waals surface area contributed by atoms with Crippen LogP contribution in [0.5, 0.6) is 0 Å². The number of aliphatic hydroxyl groups excluding tert-OH is 1. The number of hydrogen-bond donors (Lipinski definition) is 2. The second kappa shape index (κ2) is 7.85. The van der Waals surface area contributed by atoms with E-state index >= 15 is 0 Å². The fraction of sp³-hybridized carbons (Fsp3) is 0.500. The summed E-state index contributed by atoms with van der Waals surface area (Å²) in [5.41, 5.74) is 1.47. The molecule has 1 aliphatic rings. The van der Waals surface area contributed by atoms with Crippen LogP contribution in [0.2, 0.25) is 0 Å². The van der Waals surface area contributed by atoms with Crippen molar-refractivity contribution in [2.45, 2.75) is 32.6 Å². The van der Waals surface area contributed by atoms with Crippen LogP contribution < -0.4 is 5.32 Å². The van der Waals surface area contributed by atoms with Crippen molar-refractivity contribution < 1.29 is 9.90 Å². The summed E-state index contributed by atoms with van der Waals surface area (Å²) in [7, 11) is 0. The molecule has 1 fully saturated rings. The van der Waals surface area contributed by atoms with Crippen LogP contribution >= 0.6 is 0 Å². The maximum absolute atomic E-state index is 12.1. The standard InChI is InChI=1S/C18H23NO2/c1-14-5-2-3-7-17(14)13-19-18(21)16-10-8-15(9-11-16)6-4-12-20/h8-11,14,17,20H,2-3,5,7,12-13H2,1H3,(H,19,21). The average molecular weight is 285 g/mol. The summed E-state index contributed by atoms with van der Waals surface area (Å²) in [4.78, 5) is 12.1. The molecule has 0 spiro atoms. The molecule has 0 heterocycles. The highest BCUT2D eigenvalue weighted by atomic mass is 16.2. The Morgan fingerprint density at radius 1 is 1.29 bits per heavy atom. The van der Waals surface area contributed by atoms with E-state index in [0.717, 1.165) is 12.1 Å². The number of rotatable bonds is 3. The zero-order valence-electron chi connectivity index (χ0n) is 12.6. The van der Waals surface area contributed by atoms with E-state index in [-0.39, 0.29) is 12.5 Å². The molecule has 2 rings (SSSR count). The van der Waals surface area contributed by atoms with Crippen molar-refractivity contribution in [2.75, 3.05) is 13.2 Å². The number of benzene rings is 1. The fourth-order valence-electron chi connectivity index (χ4n) is 2.87. The molecule has 2 unspecified atom stereocenters. The van der Waals surface area contributed by atoms with Gasteiger partial charge in [-0.3, -0.25) is 4.79 Å². The first kappa shape index (κ1) is 15.6. The average Bonchev–Trinajstić information content (AvgIpc) is 2.52. The van der Waals surface area contributed by atoms with Crippen molar-refractivity contribution in [3.05, 3.63) is 35.4 Å². The first-order valence-corrected chi connectivity index (χ1v) is 7.68. The van der Waals surface area contributed by atoms with Gasteiger partial charge in [-0.1, -0.05) is 38.0 Å². The zero-order chi connectivity index (χ0) is 15.1. The number of carbonyl (C=O) groups is 1. The monoisotopic (exact) mass is 285 g/mol. The molecule has 21 heavy (non-hydrogen) atoms. The van der Waals surface area contributed by atoms with Gasteiger partial charge in [0.15, 0.2) is 0 Å². The lowest BCUT2D eigenvalue weighted by Crippen LogP contribution is -2.33. The highest BCUT2D eigenvalue weighted by molar-refractivity contribution is 5.94. The van der Waals surface area contributed by atoms with E-state index in [1.807, 2.05) is 0 Å². The van der Waals surface area contributed by atoms with Gasteiger partial charge in [0, 0.05) is 17.7 Å². The molecule has 0 radical (unpaired) electrons. The summed E-state index contributed by atoms with van der Waals surface area (Å²) in [5.74, 6) is 6.70. The molecule has 1 amide bonds. The van der Waals surface area contributed by atoms with Crippen LogP contribution in [0, 0.1) is 23.7 Å². The van der Waals surface area contributed by atoms with E-state index in [1.165, 1.54) is 25.7 Å². The van der Waals surface area contributed by atoms with E-state index in [2.05, 4.69) is 24.1 Å². The van der Waals surface area contributed by atoms with Gasteiger partial charge < -0.3 is 10.4 Å². The van der Waals surface area contributed by atoms with Crippen molar-refractivity contribution in [1.29, 1.82) is 0 Å². The van der Waals surface area contributed by atoms with Gasteiger partial charge in [0.25, 0.3) is 5.91 Å². The van der Waals surface area contributed by atoms with Crippen LogP contribution in [0.1, 0.15) is 48.5 Å². The van der Waals surface area contributed by atoms with E-state index < -0.39 is 0 Å². The molecule has 1 aromatic carbocycles. The van der Waals surface area contributed by atoms with Crippen LogP contribution in [0.3, 0.4) is 0 Å². The van der Waals surface area contributed by atoms with Crippen molar-refractivity contribution in [3.63, 3.8) is 0 Å². The normalized spacial score (nSPS) is 21.2. The topological polar surface area (TPSA) is 49.3 Å². The minimum absolute atomic E-state index is 0.0190. The number of amides is 1. The van der Waals surface area contributed by atoms with E-state index in [1.54, 1.807) is 24.3 Å². The van der Waals surface area contributed by atoms with Gasteiger partial charge in [-0.05, 0) is 42.5 Å². The molecule has 2 atom stereocenters. The molecule has 1 aromatic rings. The van der Waals surface area contributed by atoms with Gasteiger partial charge in [0.05, 0.1) is 0 Å². The van der Waals surface area contributed by atoms with Crippen LogP contribution in [-0.2, 0) is 0 Å². The molecular formula is C18H23NO2. The summed E-state index contributed by atoms with van der Waals surface area (Å²) in [6.45, 7) is 2.90. The molecule has 0 saturated heterocycles. The molecule has 112 valence electrons. The molecular weight excluding hydrogens is 262 g/mol. The predicted molar refractivity (Wildman–Crippen MR) is 83.9 cm³/mol. The third-order valence-corrected chi connectivity index (χ3v) is 4.27. The molecule has 1 saturated carbocycles. The first-order chi connectivity index (χ1) is 10.2. The number of hydrogen-bond acceptors (Lipinski definition) is 2. The lowest BCUT2D eigenvalue weighted by molar-refractivity contribution is 0.0936. The summed E-state index contributed by atoms with van der Waals surface area (Å²) >= 11 is 0. The summed E-state index contributed by atoms with van der Waals surface area (Å²) in [6.07, 6.45) is 5.10. The van der Waals surface area contributed by atoms with Crippen LogP contribution in [0.25, 0.3) is 0 Å². The van der Waals surface area contributed by atoms with Gasteiger partial charge in [-0.25, -0.2) is 0 Å². The van der Waals surface area contributed by atoms with Crippen molar-refractivity contribution in [2.24, 2.45) is 11.8 Å². The van der Waals surface area contributed by atoms with Crippen molar-refractivity contribution >= 4 is 5.91 Å². The second-order valence-corrected chi connectivity index (χ2v) is 5.77. The van der Waals surface area contributed by atoms with E-state index in [9.17, 15) is 4.79 Å². The largest absolute Gasteiger partial charge is 0.384 e. The minimum atomic E-state index is -0.151. The van der Waals surface area contributed by atoms with E-state index in [0.29, 0.717) is 17.4 Å². The lowest BCUT2D eigenvalue weighted by atomic mass is 9.80. The Balaban J connectivity index is 1.88. The Kier molecular flexibility index (Phi) is 5.83. The molecule has 3 heteroatoms. The minimum Gasteiger partial charge on any atom is -0.384 e. The Bertz CT molecular complexity index is 524. The molecule has 3 nitrogen and oxygen atoms in total. The van der Waals surface area contributed by atoms with E-state index in [4.69, 9.17) is 5.11 Å². The summed E-state index contributed by atoms with van der Waals surface area (Å²) < 4.78 is 0. The Hall–Kier alpha value is -1.79. The smallest absolute Gasteiger partial charge is 0.251 e. The van der Waals surface area contributed by atoms with Crippen LogP contribution in [-0.4, -0.2) is 24.2 Å². The highest BCUT2D eigenvalue weighted by Gasteiger charge is 2.21. The van der Waals surface area contributed by atoms with Crippen molar-refractivity contribution in [1.82, 2.24) is 5.32 Å². The zero-order valence-corrected chi connectivity index (χ0v) is 12.6. The van der Waals surface area contributed by atoms with Gasteiger partial charge in [-0.15, -0.1) is 0 Å².